The monoisotopic (exact) mass is 256 g/mol. The topological polar surface area (TPSA) is 67.5 Å². The average molecular weight is 256 g/mol. The van der Waals surface area contributed by atoms with Gasteiger partial charge in [0.05, 0.1) is 0 Å². The highest BCUT2D eigenvalue weighted by Crippen LogP contribution is 2.15. The Hall–Kier alpha value is -1.17. The Kier molecular flexibility index (Phi) is 5.53. The fourth-order valence-electron chi connectivity index (χ4n) is 1.27. The first-order valence-corrected chi connectivity index (χ1v) is 5.95. The van der Waals surface area contributed by atoms with Crippen LogP contribution in [0.5, 0.6) is 5.75 Å². The normalized spacial score (nSPS) is 13.4. The Balaban J connectivity index is 2.34. The van der Waals surface area contributed by atoms with Crippen LogP contribution >= 0.6 is 0 Å². The van der Waals surface area contributed by atoms with Crippen molar-refractivity contribution in [2.75, 3.05) is 19.7 Å². The predicted molar refractivity (Wildman–Crippen MR) is 69.0 cm³/mol. The summed E-state index contributed by atoms with van der Waals surface area (Å²) < 4.78 is 18.4. The van der Waals surface area contributed by atoms with Crippen LogP contribution in [0.4, 0.5) is 4.39 Å². The number of hydrogen-bond acceptors (Lipinski definition) is 4. The molecule has 1 unspecified atom stereocenters. The van der Waals surface area contributed by atoms with E-state index in [1.54, 1.807) is 12.1 Å². The molecule has 0 radical (unpaired) electrons. The first-order valence-electron chi connectivity index (χ1n) is 5.95. The Morgan fingerprint density at radius 3 is 2.72 bits per heavy atom. The molecule has 0 spiro atoms. The highest BCUT2D eigenvalue weighted by Gasteiger charge is 2.16. The van der Waals surface area contributed by atoms with Gasteiger partial charge in [-0.3, -0.25) is 0 Å². The van der Waals surface area contributed by atoms with E-state index in [1.807, 2.05) is 13.8 Å². The fraction of sp³-hybridized carbons (Fsp3) is 0.538. The van der Waals surface area contributed by atoms with Crippen LogP contribution in [-0.4, -0.2) is 36.4 Å². The van der Waals surface area contributed by atoms with Crippen LogP contribution in [0, 0.1) is 5.82 Å². The van der Waals surface area contributed by atoms with Gasteiger partial charge in [0.25, 0.3) is 0 Å². The van der Waals surface area contributed by atoms with Crippen molar-refractivity contribution in [2.24, 2.45) is 5.73 Å². The van der Waals surface area contributed by atoms with E-state index in [0.717, 1.165) is 0 Å². The summed E-state index contributed by atoms with van der Waals surface area (Å²) in [5, 5.41) is 12.8. The van der Waals surface area contributed by atoms with E-state index in [2.05, 4.69) is 5.32 Å². The summed E-state index contributed by atoms with van der Waals surface area (Å²) in [6, 6.07) is 6.11. The van der Waals surface area contributed by atoms with Gasteiger partial charge in [-0.25, -0.2) is 4.39 Å². The van der Waals surface area contributed by atoms with Gasteiger partial charge in [-0.05, 0) is 26.0 Å². The van der Waals surface area contributed by atoms with E-state index in [4.69, 9.17) is 10.5 Å². The molecule has 0 fully saturated rings. The quantitative estimate of drug-likeness (QED) is 0.678. The van der Waals surface area contributed by atoms with Crippen LogP contribution in [0.2, 0.25) is 0 Å². The molecule has 0 amide bonds. The molecule has 0 bridgehead atoms. The van der Waals surface area contributed by atoms with Crippen molar-refractivity contribution in [2.45, 2.75) is 25.5 Å². The minimum atomic E-state index is -0.713. The highest BCUT2D eigenvalue weighted by atomic mass is 19.1. The summed E-state index contributed by atoms with van der Waals surface area (Å²) >= 11 is 0. The molecule has 102 valence electrons. The second-order valence-corrected chi connectivity index (χ2v) is 4.86. The van der Waals surface area contributed by atoms with E-state index >= 15 is 0 Å². The molecule has 5 heteroatoms. The van der Waals surface area contributed by atoms with Gasteiger partial charge in [0.2, 0.25) is 0 Å². The molecule has 0 saturated carbocycles. The van der Waals surface area contributed by atoms with E-state index < -0.39 is 11.9 Å². The third-order valence-corrected chi connectivity index (χ3v) is 2.59. The second kappa shape index (κ2) is 6.68. The number of nitrogens with two attached hydrogens (primary N) is 1. The second-order valence-electron chi connectivity index (χ2n) is 4.86. The molecule has 0 aromatic heterocycles. The number of ether oxygens (including phenoxy) is 1. The molecular formula is C13H21FN2O2. The summed E-state index contributed by atoms with van der Waals surface area (Å²) in [6.07, 6.45) is -0.713. The lowest BCUT2D eigenvalue weighted by molar-refractivity contribution is 0.0973. The first kappa shape index (κ1) is 14.9. The number of nitrogens with one attached hydrogen (secondary N) is 1. The zero-order chi connectivity index (χ0) is 13.6. The summed E-state index contributed by atoms with van der Waals surface area (Å²) in [4.78, 5) is 0. The molecule has 1 aromatic rings. The Bertz CT molecular complexity index is 372. The smallest absolute Gasteiger partial charge is 0.165 e. The van der Waals surface area contributed by atoms with Gasteiger partial charge in [0.15, 0.2) is 11.6 Å². The van der Waals surface area contributed by atoms with Crippen LogP contribution < -0.4 is 15.8 Å². The lowest BCUT2D eigenvalue weighted by atomic mass is 10.1. The van der Waals surface area contributed by atoms with Crippen molar-refractivity contribution >= 4 is 0 Å². The maximum atomic E-state index is 13.2. The van der Waals surface area contributed by atoms with E-state index in [1.165, 1.54) is 12.1 Å². The lowest BCUT2D eigenvalue weighted by Crippen LogP contribution is -2.49. The van der Waals surface area contributed by atoms with Crippen LogP contribution in [0.1, 0.15) is 13.8 Å². The van der Waals surface area contributed by atoms with Gasteiger partial charge in [-0.2, -0.15) is 0 Å². The van der Waals surface area contributed by atoms with Crippen LogP contribution in [0.15, 0.2) is 24.3 Å². The van der Waals surface area contributed by atoms with Gasteiger partial charge in [0, 0.05) is 18.6 Å². The summed E-state index contributed by atoms with van der Waals surface area (Å²) in [5.41, 5.74) is 5.32. The highest BCUT2D eigenvalue weighted by molar-refractivity contribution is 5.23. The number of para-hydroxylation sites is 1. The van der Waals surface area contributed by atoms with Gasteiger partial charge < -0.3 is 20.9 Å². The van der Waals surface area contributed by atoms with Crippen molar-refractivity contribution in [3.63, 3.8) is 0 Å². The van der Waals surface area contributed by atoms with Gasteiger partial charge in [-0.15, -0.1) is 0 Å². The zero-order valence-electron chi connectivity index (χ0n) is 10.8. The molecule has 1 aromatic carbocycles. The molecule has 0 aliphatic carbocycles. The molecule has 0 saturated heterocycles. The maximum Gasteiger partial charge on any atom is 0.165 e. The van der Waals surface area contributed by atoms with E-state index in [9.17, 15) is 9.50 Å². The van der Waals surface area contributed by atoms with Crippen LogP contribution in [-0.2, 0) is 0 Å². The zero-order valence-corrected chi connectivity index (χ0v) is 10.8. The number of aliphatic hydroxyl groups is 1. The third kappa shape index (κ3) is 5.00. The number of hydrogen-bond donors (Lipinski definition) is 3. The molecule has 18 heavy (non-hydrogen) atoms. The van der Waals surface area contributed by atoms with Crippen molar-refractivity contribution in [1.82, 2.24) is 5.32 Å². The van der Waals surface area contributed by atoms with Crippen molar-refractivity contribution in [3.8, 4) is 5.75 Å². The summed E-state index contributed by atoms with van der Waals surface area (Å²) in [7, 11) is 0. The predicted octanol–water partition coefficient (Wildman–Crippen LogP) is 0.892. The van der Waals surface area contributed by atoms with Crippen molar-refractivity contribution in [3.05, 3.63) is 30.1 Å². The maximum absolute atomic E-state index is 13.2. The van der Waals surface area contributed by atoms with E-state index in [-0.39, 0.29) is 17.9 Å². The van der Waals surface area contributed by atoms with Crippen molar-refractivity contribution in [1.29, 1.82) is 0 Å². The molecule has 4 nitrogen and oxygen atoms in total. The SMILES string of the molecule is CC(C)(CN)NCC(O)COc1ccccc1F. The van der Waals surface area contributed by atoms with Crippen molar-refractivity contribution < 1.29 is 14.2 Å². The third-order valence-electron chi connectivity index (χ3n) is 2.59. The molecule has 1 rings (SSSR count). The largest absolute Gasteiger partial charge is 0.488 e. The molecule has 0 heterocycles. The summed E-state index contributed by atoms with van der Waals surface area (Å²) in [6.45, 7) is 4.73. The number of aliphatic hydroxyl groups excluding tert-OH is 1. The standard InChI is InChI=1S/C13H21FN2O2/c1-13(2,9-15)16-7-10(17)8-18-12-6-4-3-5-11(12)14/h3-6,10,16-17H,7-9,15H2,1-2H3. The van der Waals surface area contributed by atoms with Gasteiger partial charge in [-0.1, -0.05) is 12.1 Å². The number of β-amino-alcohol motifs (C(OH)–C–C–N with tert-alkyl or cyclic N) is 1. The molecule has 0 aliphatic rings. The van der Waals surface area contributed by atoms with E-state index in [0.29, 0.717) is 13.1 Å². The summed E-state index contributed by atoms with van der Waals surface area (Å²) in [5.74, 6) is -0.283. The number of rotatable bonds is 7. The molecule has 0 aliphatic heterocycles. The van der Waals surface area contributed by atoms with Gasteiger partial charge >= 0.3 is 0 Å². The Morgan fingerprint density at radius 1 is 1.44 bits per heavy atom. The van der Waals surface area contributed by atoms with Crippen LogP contribution in [0.3, 0.4) is 0 Å². The van der Waals surface area contributed by atoms with Gasteiger partial charge in [0.1, 0.15) is 12.7 Å². The Morgan fingerprint density at radius 2 is 2.11 bits per heavy atom. The first-order chi connectivity index (χ1) is 8.44. The Labute approximate surface area is 107 Å². The minimum Gasteiger partial charge on any atom is -0.488 e. The molecular weight excluding hydrogens is 235 g/mol. The lowest BCUT2D eigenvalue weighted by Gasteiger charge is -2.26. The number of halogens is 1. The fourth-order valence-corrected chi connectivity index (χ4v) is 1.27. The van der Waals surface area contributed by atoms with Crippen LogP contribution in [0.25, 0.3) is 0 Å². The number of benzene rings is 1. The average Bonchev–Trinajstić information content (AvgIpc) is 2.35. The molecule has 4 N–H and O–H groups in total. The molecule has 1 atom stereocenters. The minimum absolute atomic E-state index is 0.0363.